The second-order valence-corrected chi connectivity index (χ2v) is 7.12. The molecule has 5 nitrogen and oxygen atoms in total. The van der Waals surface area contributed by atoms with E-state index in [2.05, 4.69) is 27.4 Å². The number of hydrogen-bond acceptors (Lipinski definition) is 3. The van der Waals surface area contributed by atoms with E-state index in [1.807, 2.05) is 7.05 Å². The fourth-order valence-corrected chi connectivity index (χ4v) is 3.78. The lowest BCUT2D eigenvalue weighted by Gasteiger charge is -2.22. The zero-order valence-corrected chi connectivity index (χ0v) is 16.1. The predicted molar refractivity (Wildman–Crippen MR) is 101 cm³/mol. The molecule has 2 aliphatic carbocycles. The minimum Gasteiger partial charge on any atom is -0.393 e. The van der Waals surface area contributed by atoms with Crippen molar-refractivity contribution in [3.05, 3.63) is 0 Å². The summed E-state index contributed by atoms with van der Waals surface area (Å²) in [5.74, 6) is 1.94. The molecule has 0 amide bonds. The molecule has 3 aliphatic rings. The van der Waals surface area contributed by atoms with Crippen molar-refractivity contribution in [1.29, 1.82) is 0 Å². The van der Waals surface area contributed by atoms with E-state index in [1.54, 1.807) is 0 Å². The maximum absolute atomic E-state index is 9.90. The van der Waals surface area contributed by atoms with Crippen molar-refractivity contribution in [2.45, 2.75) is 57.2 Å². The number of aliphatic hydroxyl groups is 1. The normalized spacial score (nSPS) is 36.2. The molecule has 6 heteroatoms. The first-order chi connectivity index (χ1) is 10.2. The van der Waals surface area contributed by atoms with Crippen LogP contribution in [0.5, 0.6) is 0 Å². The molecular formula is C16H31IN4O. The van der Waals surface area contributed by atoms with Gasteiger partial charge in [0.15, 0.2) is 5.96 Å². The quantitative estimate of drug-likeness (QED) is 0.365. The molecular weight excluding hydrogens is 391 g/mol. The molecule has 3 fully saturated rings. The van der Waals surface area contributed by atoms with E-state index in [0.717, 1.165) is 44.4 Å². The third kappa shape index (κ3) is 4.47. The van der Waals surface area contributed by atoms with Crippen LogP contribution in [0.3, 0.4) is 0 Å². The largest absolute Gasteiger partial charge is 0.393 e. The molecule has 0 aromatic heterocycles. The van der Waals surface area contributed by atoms with Crippen molar-refractivity contribution in [2.24, 2.45) is 16.8 Å². The van der Waals surface area contributed by atoms with Crippen LogP contribution in [-0.2, 0) is 0 Å². The topological polar surface area (TPSA) is 59.9 Å². The van der Waals surface area contributed by atoms with Crippen molar-refractivity contribution in [2.75, 3.05) is 26.7 Å². The number of guanidine groups is 1. The van der Waals surface area contributed by atoms with Crippen LogP contribution in [0.15, 0.2) is 4.99 Å². The first kappa shape index (κ1) is 18.3. The molecule has 0 spiro atoms. The molecule has 1 saturated heterocycles. The molecule has 4 unspecified atom stereocenters. The Morgan fingerprint density at radius 3 is 2.59 bits per heavy atom. The Morgan fingerprint density at radius 1 is 1.23 bits per heavy atom. The van der Waals surface area contributed by atoms with Crippen LogP contribution in [0.25, 0.3) is 0 Å². The van der Waals surface area contributed by atoms with Gasteiger partial charge in [0, 0.05) is 44.7 Å². The molecule has 3 rings (SSSR count). The van der Waals surface area contributed by atoms with Gasteiger partial charge in [0.05, 0.1) is 6.10 Å². The van der Waals surface area contributed by atoms with Crippen LogP contribution in [-0.4, -0.2) is 60.8 Å². The van der Waals surface area contributed by atoms with Gasteiger partial charge in [-0.15, -0.1) is 24.0 Å². The summed E-state index contributed by atoms with van der Waals surface area (Å²) in [5, 5.41) is 16.9. The molecule has 1 heterocycles. The van der Waals surface area contributed by atoms with Gasteiger partial charge < -0.3 is 15.7 Å². The van der Waals surface area contributed by atoms with Crippen LogP contribution >= 0.6 is 24.0 Å². The molecule has 0 aromatic rings. The fraction of sp³-hybridized carbons (Fsp3) is 0.938. The van der Waals surface area contributed by atoms with Gasteiger partial charge in [0.25, 0.3) is 0 Å². The highest BCUT2D eigenvalue weighted by molar-refractivity contribution is 14.0. The summed E-state index contributed by atoms with van der Waals surface area (Å²) >= 11 is 0. The summed E-state index contributed by atoms with van der Waals surface area (Å²) in [6.07, 6.45) is 5.86. The average molecular weight is 422 g/mol. The Kier molecular flexibility index (Phi) is 6.76. The van der Waals surface area contributed by atoms with Gasteiger partial charge in [0.1, 0.15) is 0 Å². The summed E-state index contributed by atoms with van der Waals surface area (Å²) in [5.41, 5.74) is 0. The maximum atomic E-state index is 9.90. The highest BCUT2D eigenvalue weighted by Crippen LogP contribution is 2.31. The predicted octanol–water partition coefficient (Wildman–Crippen LogP) is 1.41. The average Bonchev–Trinajstić information content (AvgIpc) is 3.15. The number of likely N-dealkylation sites (tertiary alicyclic amines) is 1. The number of nitrogens with one attached hydrogen (secondary N) is 2. The second kappa shape index (κ2) is 8.15. The Morgan fingerprint density at radius 2 is 2.00 bits per heavy atom. The standard InChI is InChI=1S/C16H30N4O.HI/c1-11-9-20(13-6-7-13)10-14(11)19-16(17-2)18-8-12-4-3-5-15(12)21;/h11-15,21H,3-10H2,1-2H3,(H2,17,18,19);1H. The van der Waals surface area contributed by atoms with Gasteiger partial charge in [-0.3, -0.25) is 9.89 Å². The number of rotatable bonds is 4. The van der Waals surface area contributed by atoms with Crippen molar-refractivity contribution in [1.82, 2.24) is 15.5 Å². The van der Waals surface area contributed by atoms with Crippen molar-refractivity contribution < 1.29 is 5.11 Å². The summed E-state index contributed by atoms with van der Waals surface area (Å²) in [6, 6.07) is 1.34. The smallest absolute Gasteiger partial charge is 0.191 e. The molecule has 0 bridgehead atoms. The molecule has 0 aromatic carbocycles. The number of aliphatic hydroxyl groups excluding tert-OH is 1. The van der Waals surface area contributed by atoms with Crippen molar-refractivity contribution in [3.63, 3.8) is 0 Å². The molecule has 1 aliphatic heterocycles. The maximum Gasteiger partial charge on any atom is 0.191 e. The molecule has 3 N–H and O–H groups in total. The fourth-order valence-electron chi connectivity index (χ4n) is 3.78. The van der Waals surface area contributed by atoms with E-state index in [1.165, 1.54) is 19.4 Å². The Hall–Kier alpha value is -0.0800. The first-order valence-corrected chi connectivity index (χ1v) is 8.56. The lowest BCUT2D eigenvalue weighted by Crippen LogP contribution is -2.48. The first-order valence-electron chi connectivity index (χ1n) is 8.56. The van der Waals surface area contributed by atoms with E-state index in [9.17, 15) is 5.11 Å². The lowest BCUT2D eigenvalue weighted by atomic mass is 10.1. The SMILES string of the molecule is CN=C(NCC1CCCC1O)NC1CN(C2CC2)CC1C.I. The Labute approximate surface area is 151 Å². The van der Waals surface area contributed by atoms with Crippen LogP contribution in [0.4, 0.5) is 0 Å². The zero-order valence-electron chi connectivity index (χ0n) is 13.8. The van der Waals surface area contributed by atoms with Gasteiger partial charge in [-0.25, -0.2) is 0 Å². The molecule has 0 radical (unpaired) electrons. The monoisotopic (exact) mass is 422 g/mol. The van der Waals surface area contributed by atoms with E-state index >= 15 is 0 Å². The summed E-state index contributed by atoms with van der Waals surface area (Å²) < 4.78 is 0. The minimum absolute atomic E-state index is 0. The van der Waals surface area contributed by atoms with Crippen molar-refractivity contribution in [3.8, 4) is 0 Å². The second-order valence-electron chi connectivity index (χ2n) is 7.12. The minimum atomic E-state index is -0.133. The third-order valence-corrected chi connectivity index (χ3v) is 5.40. The molecule has 2 saturated carbocycles. The van der Waals surface area contributed by atoms with Crippen molar-refractivity contribution >= 4 is 29.9 Å². The summed E-state index contributed by atoms with van der Waals surface area (Å²) in [4.78, 5) is 6.97. The third-order valence-electron chi connectivity index (χ3n) is 5.40. The number of aliphatic imine (C=N–C) groups is 1. The highest BCUT2D eigenvalue weighted by atomic mass is 127. The highest BCUT2D eigenvalue weighted by Gasteiger charge is 2.38. The van der Waals surface area contributed by atoms with E-state index in [4.69, 9.17) is 0 Å². The Bertz CT molecular complexity index is 388. The van der Waals surface area contributed by atoms with E-state index in [-0.39, 0.29) is 30.1 Å². The van der Waals surface area contributed by atoms with Crippen LogP contribution in [0.1, 0.15) is 39.0 Å². The summed E-state index contributed by atoms with van der Waals surface area (Å²) in [7, 11) is 1.83. The van der Waals surface area contributed by atoms with Gasteiger partial charge in [-0.2, -0.15) is 0 Å². The number of nitrogens with zero attached hydrogens (tertiary/aromatic N) is 2. The van der Waals surface area contributed by atoms with Gasteiger partial charge in [-0.1, -0.05) is 13.3 Å². The number of hydrogen-bond donors (Lipinski definition) is 3. The number of halogens is 1. The van der Waals surface area contributed by atoms with Crippen LogP contribution in [0, 0.1) is 11.8 Å². The van der Waals surface area contributed by atoms with Gasteiger partial charge >= 0.3 is 0 Å². The zero-order chi connectivity index (χ0) is 14.8. The molecule has 4 atom stereocenters. The van der Waals surface area contributed by atoms with Gasteiger partial charge in [-0.05, 0) is 31.6 Å². The van der Waals surface area contributed by atoms with E-state index in [0.29, 0.717) is 17.9 Å². The van der Waals surface area contributed by atoms with Crippen LogP contribution < -0.4 is 10.6 Å². The molecule has 22 heavy (non-hydrogen) atoms. The van der Waals surface area contributed by atoms with Gasteiger partial charge in [0.2, 0.25) is 0 Å². The van der Waals surface area contributed by atoms with E-state index < -0.39 is 0 Å². The lowest BCUT2D eigenvalue weighted by molar-refractivity contribution is 0.134. The molecule has 128 valence electrons. The summed E-state index contributed by atoms with van der Waals surface area (Å²) in [6.45, 7) is 5.50. The Balaban J connectivity index is 0.00000176. The van der Waals surface area contributed by atoms with Crippen LogP contribution in [0.2, 0.25) is 0 Å².